The number of hydrogen-bond donors (Lipinski definition) is 1. The lowest BCUT2D eigenvalue weighted by Gasteiger charge is -2.33. The molecular formula is C23H25NO4. The van der Waals surface area contributed by atoms with Crippen molar-refractivity contribution >= 4 is 17.3 Å². The van der Waals surface area contributed by atoms with Crippen LogP contribution >= 0.6 is 0 Å². The van der Waals surface area contributed by atoms with Crippen molar-refractivity contribution in [1.29, 1.82) is 0 Å². The lowest BCUT2D eigenvalue weighted by atomic mass is 9.77. The van der Waals surface area contributed by atoms with Crippen LogP contribution in [-0.2, 0) is 4.79 Å². The first-order valence-electron chi connectivity index (χ1n) is 9.35. The highest BCUT2D eigenvalue weighted by molar-refractivity contribution is 6.29. The fraction of sp³-hybridized carbons (Fsp3) is 0.304. The monoisotopic (exact) mass is 379 g/mol. The Morgan fingerprint density at radius 2 is 1.68 bits per heavy atom. The molecule has 28 heavy (non-hydrogen) atoms. The van der Waals surface area contributed by atoms with Crippen LogP contribution in [0.2, 0.25) is 0 Å². The van der Waals surface area contributed by atoms with Crippen molar-refractivity contribution in [3.05, 3.63) is 65.2 Å². The smallest absolute Gasteiger partial charge is 0.217 e. The van der Waals surface area contributed by atoms with E-state index in [-0.39, 0.29) is 23.7 Å². The fourth-order valence-electron chi connectivity index (χ4n) is 3.72. The first-order valence-corrected chi connectivity index (χ1v) is 9.35. The maximum absolute atomic E-state index is 13.3. The van der Waals surface area contributed by atoms with E-state index in [9.17, 15) is 9.59 Å². The Labute approximate surface area is 165 Å². The number of nitrogens with one attached hydrogen (secondary N) is 1. The Morgan fingerprint density at radius 3 is 2.25 bits per heavy atom. The standard InChI is InChI=1S/C23H25NO4/c1-5-15-11-19(23(26)16-9-7-6-8-10-16)17-12-20(27-3)21(28-4)13-18(17)22(15)24-14(2)25/h6-13,15,22H,5H2,1-4H3,(H,24,25)/t15-,22-/m0/s1. The highest BCUT2D eigenvalue weighted by Crippen LogP contribution is 2.44. The predicted molar refractivity (Wildman–Crippen MR) is 109 cm³/mol. The third-order valence-electron chi connectivity index (χ3n) is 5.10. The van der Waals surface area contributed by atoms with E-state index >= 15 is 0 Å². The summed E-state index contributed by atoms with van der Waals surface area (Å²) in [5, 5.41) is 3.04. The number of allylic oxidation sites excluding steroid dienone is 1. The van der Waals surface area contributed by atoms with Crippen LogP contribution in [0.1, 0.15) is 47.8 Å². The van der Waals surface area contributed by atoms with Crippen molar-refractivity contribution in [3.8, 4) is 11.5 Å². The number of hydrogen-bond acceptors (Lipinski definition) is 4. The number of methoxy groups -OCH3 is 2. The number of carbonyl (C=O) groups excluding carboxylic acids is 2. The van der Waals surface area contributed by atoms with Gasteiger partial charge in [-0.15, -0.1) is 0 Å². The van der Waals surface area contributed by atoms with E-state index in [4.69, 9.17) is 9.47 Å². The summed E-state index contributed by atoms with van der Waals surface area (Å²) < 4.78 is 10.9. The first kappa shape index (κ1) is 19.7. The van der Waals surface area contributed by atoms with Crippen LogP contribution in [0.4, 0.5) is 0 Å². The van der Waals surface area contributed by atoms with E-state index in [1.165, 1.54) is 6.92 Å². The second kappa shape index (κ2) is 8.30. The number of amides is 1. The summed E-state index contributed by atoms with van der Waals surface area (Å²) in [5.41, 5.74) is 2.87. The second-order valence-corrected chi connectivity index (χ2v) is 6.82. The molecule has 0 fully saturated rings. The van der Waals surface area contributed by atoms with Crippen molar-refractivity contribution in [2.24, 2.45) is 5.92 Å². The molecule has 0 heterocycles. The van der Waals surface area contributed by atoms with Crippen LogP contribution in [-0.4, -0.2) is 25.9 Å². The minimum atomic E-state index is -0.232. The van der Waals surface area contributed by atoms with Gasteiger partial charge in [-0.3, -0.25) is 9.59 Å². The number of carbonyl (C=O) groups is 2. The van der Waals surface area contributed by atoms with E-state index < -0.39 is 0 Å². The zero-order chi connectivity index (χ0) is 20.3. The zero-order valence-electron chi connectivity index (χ0n) is 16.6. The van der Waals surface area contributed by atoms with Crippen LogP contribution in [0.5, 0.6) is 11.5 Å². The van der Waals surface area contributed by atoms with E-state index in [1.807, 2.05) is 55.5 Å². The molecule has 0 saturated carbocycles. The predicted octanol–water partition coefficient (Wildman–Crippen LogP) is 4.19. The molecule has 1 aliphatic carbocycles. The molecule has 2 aromatic rings. The molecule has 0 aliphatic heterocycles. The van der Waals surface area contributed by atoms with Gasteiger partial charge in [-0.25, -0.2) is 0 Å². The summed E-state index contributed by atoms with van der Waals surface area (Å²) in [5.74, 6) is 0.950. The summed E-state index contributed by atoms with van der Waals surface area (Å²) >= 11 is 0. The minimum Gasteiger partial charge on any atom is -0.493 e. The Hall–Kier alpha value is -3.08. The molecule has 1 amide bonds. The molecule has 2 aromatic carbocycles. The van der Waals surface area contributed by atoms with Crippen LogP contribution < -0.4 is 14.8 Å². The lowest BCUT2D eigenvalue weighted by molar-refractivity contribution is -0.120. The van der Waals surface area contributed by atoms with Gasteiger partial charge in [-0.1, -0.05) is 43.3 Å². The molecule has 146 valence electrons. The molecule has 1 aliphatic rings. The van der Waals surface area contributed by atoms with Gasteiger partial charge in [0.1, 0.15) is 0 Å². The average molecular weight is 379 g/mol. The number of rotatable bonds is 6. The van der Waals surface area contributed by atoms with Gasteiger partial charge in [0, 0.05) is 24.0 Å². The SMILES string of the molecule is CC[C@H]1C=C(C(=O)c2ccccc2)c2cc(OC)c(OC)cc2[C@H]1NC(C)=O. The van der Waals surface area contributed by atoms with Gasteiger partial charge in [0.05, 0.1) is 20.3 Å². The number of fused-ring (bicyclic) bond motifs is 1. The van der Waals surface area contributed by atoms with Crippen molar-refractivity contribution < 1.29 is 19.1 Å². The van der Waals surface area contributed by atoms with Gasteiger partial charge in [0.15, 0.2) is 17.3 Å². The highest BCUT2D eigenvalue weighted by atomic mass is 16.5. The van der Waals surface area contributed by atoms with Crippen molar-refractivity contribution in [2.45, 2.75) is 26.3 Å². The topological polar surface area (TPSA) is 64.6 Å². The normalized spacial score (nSPS) is 17.9. The Kier molecular flexibility index (Phi) is 5.83. The van der Waals surface area contributed by atoms with Crippen molar-refractivity contribution in [2.75, 3.05) is 14.2 Å². The Morgan fingerprint density at radius 1 is 1.04 bits per heavy atom. The van der Waals surface area contributed by atoms with Crippen LogP contribution in [0.15, 0.2) is 48.5 Å². The average Bonchev–Trinajstić information content (AvgIpc) is 2.72. The van der Waals surface area contributed by atoms with E-state index in [1.54, 1.807) is 14.2 Å². The van der Waals surface area contributed by atoms with Gasteiger partial charge < -0.3 is 14.8 Å². The lowest BCUT2D eigenvalue weighted by Crippen LogP contribution is -2.34. The zero-order valence-corrected chi connectivity index (χ0v) is 16.6. The van der Waals surface area contributed by atoms with Crippen LogP contribution in [0.3, 0.4) is 0 Å². The summed E-state index contributed by atoms with van der Waals surface area (Å²) in [6, 6.07) is 12.7. The maximum Gasteiger partial charge on any atom is 0.217 e. The van der Waals surface area contributed by atoms with Crippen LogP contribution in [0.25, 0.3) is 5.57 Å². The van der Waals surface area contributed by atoms with Crippen LogP contribution in [0, 0.1) is 5.92 Å². The van der Waals surface area contributed by atoms with Gasteiger partial charge in [0.25, 0.3) is 0 Å². The summed E-state index contributed by atoms with van der Waals surface area (Å²) in [7, 11) is 3.14. The van der Waals surface area contributed by atoms with Crippen molar-refractivity contribution in [3.63, 3.8) is 0 Å². The number of ether oxygens (including phenoxy) is 2. The highest BCUT2D eigenvalue weighted by Gasteiger charge is 2.33. The van der Waals surface area contributed by atoms with E-state index in [0.717, 1.165) is 17.5 Å². The maximum atomic E-state index is 13.3. The largest absolute Gasteiger partial charge is 0.493 e. The number of ketones is 1. The molecule has 2 atom stereocenters. The summed E-state index contributed by atoms with van der Waals surface area (Å²) in [6.07, 6.45) is 2.76. The molecule has 0 saturated heterocycles. The second-order valence-electron chi connectivity index (χ2n) is 6.82. The summed E-state index contributed by atoms with van der Waals surface area (Å²) in [6.45, 7) is 3.55. The van der Waals surface area contributed by atoms with Crippen molar-refractivity contribution in [1.82, 2.24) is 5.32 Å². The van der Waals surface area contributed by atoms with Gasteiger partial charge in [0.2, 0.25) is 5.91 Å². The van der Waals surface area contributed by atoms with Gasteiger partial charge in [-0.2, -0.15) is 0 Å². The molecule has 5 heteroatoms. The third kappa shape index (κ3) is 3.65. The molecule has 5 nitrogen and oxygen atoms in total. The molecule has 0 spiro atoms. The Balaban J connectivity index is 2.20. The third-order valence-corrected chi connectivity index (χ3v) is 5.10. The van der Waals surface area contributed by atoms with E-state index in [0.29, 0.717) is 22.6 Å². The first-order chi connectivity index (χ1) is 13.5. The Bertz CT molecular complexity index is 918. The molecule has 0 bridgehead atoms. The molecule has 0 radical (unpaired) electrons. The van der Waals surface area contributed by atoms with Gasteiger partial charge in [-0.05, 0) is 29.7 Å². The fourth-order valence-corrected chi connectivity index (χ4v) is 3.72. The molecule has 0 aromatic heterocycles. The molecular weight excluding hydrogens is 354 g/mol. The molecule has 1 N–H and O–H groups in total. The molecule has 0 unspecified atom stereocenters. The minimum absolute atomic E-state index is 0.00263. The number of Topliss-reactive ketones (excluding diaryl/α,β-unsaturated/α-hetero) is 1. The number of benzene rings is 2. The quantitative estimate of drug-likeness (QED) is 0.765. The molecule has 3 rings (SSSR count). The van der Waals surface area contributed by atoms with E-state index in [2.05, 4.69) is 5.32 Å². The van der Waals surface area contributed by atoms with Gasteiger partial charge >= 0.3 is 0 Å². The summed E-state index contributed by atoms with van der Waals surface area (Å²) in [4.78, 5) is 25.1.